The summed E-state index contributed by atoms with van der Waals surface area (Å²) in [6, 6.07) is -0.572. The number of ether oxygens (including phenoxy) is 1. The van der Waals surface area contributed by atoms with Gasteiger partial charge < -0.3 is 15.8 Å². The highest BCUT2D eigenvalue weighted by Gasteiger charge is 2.21. The molecule has 1 amide bonds. The van der Waals surface area contributed by atoms with E-state index in [1.165, 1.54) is 10.7 Å². The molecule has 0 spiro atoms. The summed E-state index contributed by atoms with van der Waals surface area (Å²) in [6.07, 6.45) is 3.22. The van der Waals surface area contributed by atoms with Gasteiger partial charge in [0.05, 0.1) is 17.3 Å². The number of nitrogens with two attached hydrogens (primary N) is 1. The Morgan fingerprint density at radius 1 is 1.48 bits per heavy atom. The molecule has 0 bridgehead atoms. The minimum atomic E-state index is -0.572. The molecule has 1 aliphatic heterocycles. The molecule has 0 aliphatic carbocycles. The van der Waals surface area contributed by atoms with Crippen molar-refractivity contribution in [3.8, 4) is 0 Å². The summed E-state index contributed by atoms with van der Waals surface area (Å²) < 4.78 is 4.90. The Balaban J connectivity index is 0.00000288. The minimum Gasteiger partial charge on any atom is -0.383 e. The van der Waals surface area contributed by atoms with Crippen LogP contribution in [0.1, 0.15) is 30.5 Å². The molecular formula is C16H30Cl2N4O2S. The number of carbonyl (C=O) groups excluding carboxylic acids is 1. The Labute approximate surface area is 166 Å². The number of amides is 1. The molecule has 3 N–H and O–H groups in total. The van der Waals surface area contributed by atoms with Gasteiger partial charge in [-0.1, -0.05) is 6.92 Å². The number of methoxy groups -OCH3 is 1. The van der Waals surface area contributed by atoms with Crippen LogP contribution in [0.15, 0.2) is 5.38 Å². The number of piperidine rings is 1. The number of halogens is 2. The van der Waals surface area contributed by atoms with Gasteiger partial charge >= 0.3 is 0 Å². The van der Waals surface area contributed by atoms with Gasteiger partial charge in [-0.05, 0) is 38.3 Å². The quantitative estimate of drug-likeness (QED) is 0.680. The maximum atomic E-state index is 11.8. The first kappa shape index (κ1) is 24.6. The third kappa shape index (κ3) is 8.19. The van der Waals surface area contributed by atoms with Crippen molar-refractivity contribution in [1.82, 2.24) is 15.2 Å². The monoisotopic (exact) mass is 412 g/mol. The van der Waals surface area contributed by atoms with Gasteiger partial charge in [0.1, 0.15) is 6.04 Å². The molecule has 2 heterocycles. The molecule has 146 valence electrons. The van der Waals surface area contributed by atoms with Gasteiger partial charge in [-0.2, -0.15) is 0 Å². The highest BCUT2D eigenvalue weighted by molar-refractivity contribution is 7.09. The van der Waals surface area contributed by atoms with Gasteiger partial charge in [0.15, 0.2) is 0 Å². The fourth-order valence-corrected chi connectivity index (χ4v) is 3.53. The zero-order valence-corrected chi connectivity index (χ0v) is 17.4. The summed E-state index contributed by atoms with van der Waals surface area (Å²) in [5.41, 5.74) is 6.90. The Hall–Kier alpha value is -0.440. The standard InChI is InChI=1S/C16H28N4O2S.2ClH/c1-3-15-19-13(11-23-15)9-20-6-4-12(5-7-20)8-18-16(21)14(17)10-22-2;;/h11-12,14H,3-10,17H2,1-2H3,(H,18,21);2*1H. The van der Waals surface area contributed by atoms with E-state index in [2.05, 4.69) is 27.5 Å². The Morgan fingerprint density at radius 3 is 2.72 bits per heavy atom. The summed E-state index contributed by atoms with van der Waals surface area (Å²) in [6.45, 7) is 6.17. The van der Waals surface area contributed by atoms with Crippen molar-refractivity contribution in [3.05, 3.63) is 16.1 Å². The first-order chi connectivity index (χ1) is 11.1. The summed E-state index contributed by atoms with van der Waals surface area (Å²) in [5.74, 6) is 0.412. The van der Waals surface area contributed by atoms with Crippen molar-refractivity contribution in [2.45, 2.75) is 38.8 Å². The summed E-state index contributed by atoms with van der Waals surface area (Å²) in [4.78, 5) is 18.9. The number of aryl methyl sites for hydroxylation is 1. The van der Waals surface area contributed by atoms with E-state index in [4.69, 9.17) is 10.5 Å². The molecule has 1 unspecified atom stereocenters. The second kappa shape index (κ2) is 12.8. The maximum absolute atomic E-state index is 11.8. The number of hydrogen-bond donors (Lipinski definition) is 2. The lowest BCUT2D eigenvalue weighted by atomic mass is 9.96. The third-order valence-corrected chi connectivity index (χ3v) is 5.28. The average Bonchev–Trinajstić information content (AvgIpc) is 3.01. The summed E-state index contributed by atoms with van der Waals surface area (Å²) in [7, 11) is 1.55. The first-order valence-corrected chi connectivity index (χ1v) is 9.18. The predicted octanol–water partition coefficient (Wildman–Crippen LogP) is 1.85. The van der Waals surface area contributed by atoms with Gasteiger partial charge in [-0.15, -0.1) is 36.2 Å². The number of nitrogens with one attached hydrogen (secondary N) is 1. The molecule has 1 aromatic heterocycles. The van der Waals surface area contributed by atoms with Crippen LogP contribution in [0.25, 0.3) is 0 Å². The van der Waals surface area contributed by atoms with Crippen molar-refractivity contribution in [3.63, 3.8) is 0 Å². The number of hydrogen-bond acceptors (Lipinski definition) is 6. The van der Waals surface area contributed by atoms with Crippen LogP contribution >= 0.6 is 36.2 Å². The molecule has 25 heavy (non-hydrogen) atoms. The van der Waals surface area contributed by atoms with E-state index in [0.29, 0.717) is 12.5 Å². The van der Waals surface area contributed by atoms with Gasteiger partial charge in [0.2, 0.25) is 5.91 Å². The molecule has 2 rings (SSSR count). The van der Waals surface area contributed by atoms with Gasteiger partial charge in [-0.25, -0.2) is 4.98 Å². The lowest BCUT2D eigenvalue weighted by Crippen LogP contribution is -2.46. The van der Waals surface area contributed by atoms with Gasteiger partial charge in [0.25, 0.3) is 0 Å². The van der Waals surface area contributed by atoms with Crippen LogP contribution in [0.2, 0.25) is 0 Å². The molecular weight excluding hydrogens is 383 g/mol. The normalized spacial score (nSPS) is 16.6. The Bertz CT molecular complexity index is 496. The highest BCUT2D eigenvalue weighted by Crippen LogP contribution is 2.19. The SMILES string of the molecule is CCc1nc(CN2CCC(CNC(=O)C(N)COC)CC2)cs1.Cl.Cl. The Kier molecular flexibility index (Phi) is 12.6. The number of aromatic nitrogens is 1. The molecule has 1 saturated heterocycles. The topological polar surface area (TPSA) is 80.5 Å². The highest BCUT2D eigenvalue weighted by atomic mass is 35.5. The zero-order valence-electron chi connectivity index (χ0n) is 14.9. The molecule has 0 aromatic carbocycles. The average molecular weight is 413 g/mol. The van der Waals surface area contributed by atoms with Crippen LogP contribution in [0, 0.1) is 5.92 Å². The fourth-order valence-electron chi connectivity index (χ4n) is 2.79. The number of likely N-dealkylation sites (tertiary alicyclic amines) is 1. The van der Waals surface area contributed by atoms with Crippen molar-refractivity contribution in [1.29, 1.82) is 0 Å². The van der Waals surface area contributed by atoms with Crippen LogP contribution in [-0.2, 0) is 22.5 Å². The maximum Gasteiger partial charge on any atom is 0.239 e. The molecule has 1 fully saturated rings. The van der Waals surface area contributed by atoms with Crippen molar-refractivity contribution >= 4 is 42.1 Å². The second-order valence-corrected chi connectivity index (χ2v) is 7.06. The molecule has 6 nitrogen and oxygen atoms in total. The number of carbonyl (C=O) groups is 1. The van der Waals surface area contributed by atoms with Crippen molar-refractivity contribution < 1.29 is 9.53 Å². The van der Waals surface area contributed by atoms with E-state index in [-0.39, 0.29) is 37.3 Å². The van der Waals surface area contributed by atoms with Gasteiger partial charge in [-0.3, -0.25) is 9.69 Å². The largest absolute Gasteiger partial charge is 0.383 e. The van der Waals surface area contributed by atoms with Crippen molar-refractivity contribution in [2.75, 3.05) is 33.4 Å². The number of thiazole rings is 1. The van der Waals surface area contributed by atoms with Crippen LogP contribution < -0.4 is 11.1 Å². The molecule has 0 saturated carbocycles. The van der Waals surface area contributed by atoms with E-state index < -0.39 is 6.04 Å². The third-order valence-electron chi connectivity index (χ3n) is 4.24. The second-order valence-electron chi connectivity index (χ2n) is 6.11. The number of nitrogens with zero attached hydrogens (tertiary/aromatic N) is 2. The first-order valence-electron chi connectivity index (χ1n) is 8.30. The molecule has 0 radical (unpaired) electrons. The van der Waals surface area contributed by atoms with E-state index in [0.717, 1.165) is 38.9 Å². The van der Waals surface area contributed by atoms with E-state index in [1.807, 2.05) is 0 Å². The van der Waals surface area contributed by atoms with Crippen LogP contribution in [-0.4, -0.2) is 55.2 Å². The minimum absolute atomic E-state index is 0. The zero-order chi connectivity index (χ0) is 16.7. The lowest BCUT2D eigenvalue weighted by molar-refractivity contribution is -0.123. The van der Waals surface area contributed by atoms with Crippen LogP contribution in [0.5, 0.6) is 0 Å². The summed E-state index contributed by atoms with van der Waals surface area (Å²) >= 11 is 1.75. The Morgan fingerprint density at radius 2 is 2.16 bits per heavy atom. The summed E-state index contributed by atoms with van der Waals surface area (Å²) in [5, 5.41) is 6.32. The van der Waals surface area contributed by atoms with Gasteiger partial charge in [0, 0.05) is 25.6 Å². The lowest BCUT2D eigenvalue weighted by Gasteiger charge is -2.31. The van der Waals surface area contributed by atoms with Crippen molar-refractivity contribution in [2.24, 2.45) is 11.7 Å². The van der Waals surface area contributed by atoms with Crippen LogP contribution in [0.3, 0.4) is 0 Å². The van der Waals surface area contributed by atoms with E-state index >= 15 is 0 Å². The van der Waals surface area contributed by atoms with E-state index in [9.17, 15) is 4.79 Å². The molecule has 1 aromatic rings. The molecule has 9 heteroatoms. The molecule has 1 aliphatic rings. The smallest absolute Gasteiger partial charge is 0.239 e. The number of rotatable bonds is 8. The van der Waals surface area contributed by atoms with E-state index in [1.54, 1.807) is 18.4 Å². The fraction of sp³-hybridized carbons (Fsp3) is 0.750. The van der Waals surface area contributed by atoms with Crippen LogP contribution in [0.4, 0.5) is 0 Å². The predicted molar refractivity (Wildman–Crippen MR) is 107 cm³/mol. The molecule has 1 atom stereocenters.